The summed E-state index contributed by atoms with van der Waals surface area (Å²) >= 11 is 3.18. The Morgan fingerprint density at radius 3 is 1.63 bits per heavy atom. The van der Waals surface area contributed by atoms with Crippen molar-refractivity contribution in [2.45, 2.75) is 13.1 Å². The average Bonchev–Trinajstić information content (AvgIpc) is 2.93. The van der Waals surface area contributed by atoms with Gasteiger partial charge in [-0.25, -0.2) is 0 Å². The maximum absolute atomic E-state index is 11.9. The van der Waals surface area contributed by atoms with E-state index in [1.54, 1.807) is 18.3 Å². The lowest BCUT2D eigenvalue weighted by Crippen LogP contribution is -2.24. The van der Waals surface area contributed by atoms with Gasteiger partial charge in [-0.15, -0.1) is 0 Å². The Balaban J connectivity index is 0.000000211. The molecule has 0 aliphatic heterocycles. The lowest BCUT2D eigenvalue weighted by Gasteiger charge is -2.08. The van der Waals surface area contributed by atoms with Crippen LogP contribution in [0.3, 0.4) is 0 Å². The smallest absolute Gasteiger partial charge is 0.272 e. The van der Waals surface area contributed by atoms with Crippen molar-refractivity contribution in [2.24, 2.45) is 0 Å². The Labute approximate surface area is 227 Å². The molecule has 0 bridgehead atoms. The number of hydrogen-bond acceptors (Lipinski definition) is 7. The lowest BCUT2D eigenvalue weighted by molar-refractivity contribution is 0.296. The minimum Gasteiger partial charge on any atom is -0.506 e. The highest BCUT2D eigenvalue weighted by Crippen LogP contribution is 2.12. The van der Waals surface area contributed by atoms with Crippen molar-refractivity contribution in [1.29, 1.82) is 10.5 Å². The Hall–Kier alpha value is -4.80. The van der Waals surface area contributed by atoms with Crippen LogP contribution in [0, 0.1) is 22.7 Å². The number of rotatable bonds is 8. The van der Waals surface area contributed by atoms with Crippen molar-refractivity contribution >= 4 is 15.9 Å². The fourth-order valence-corrected chi connectivity index (χ4v) is 3.61. The molecular formula is C28H23BrN4O5. The van der Waals surface area contributed by atoms with Gasteiger partial charge in [-0.05, 0) is 52.3 Å². The standard InChI is InChI=1S/C14H11BrN2O2.C14H12N2O3/c15-13-6-7-17(14(18)12(13)10-16)8-9-19-11-4-2-1-3-5-11;15-10-12-13(17)6-7-16(14(12)18)8-9-19-11-4-2-1-3-5-11/h1-7H,8-9H2;1-7,17H,8-9H2. The van der Waals surface area contributed by atoms with Crippen LogP contribution in [-0.2, 0) is 13.1 Å². The van der Waals surface area contributed by atoms with Gasteiger partial charge in [-0.1, -0.05) is 36.4 Å². The van der Waals surface area contributed by atoms with Crippen LogP contribution in [0.5, 0.6) is 17.2 Å². The van der Waals surface area contributed by atoms with Gasteiger partial charge in [-0.3, -0.25) is 9.59 Å². The molecule has 4 rings (SSSR count). The molecular weight excluding hydrogens is 552 g/mol. The predicted octanol–water partition coefficient (Wildman–Crippen LogP) is 4.07. The van der Waals surface area contributed by atoms with Crippen molar-refractivity contribution < 1.29 is 14.6 Å². The Morgan fingerprint density at radius 1 is 0.711 bits per heavy atom. The molecule has 2 aromatic heterocycles. The minimum atomic E-state index is -0.515. The summed E-state index contributed by atoms with van der Waals surface area (Å²) in [7, 11) is 0. The summed E-state index contributed by atoms with van der Waals surface area (Å²) in [5.74, 6) is 1.18. The number of halogens is 1. The summed E-state index contributed by atoms with van der Waals surface area (Å²) in [5, 5.41) is 27.0. The molecule has 2 aromatic carbocycles. The fourth-order valence-electron chi connectivity index (χ4n) is 3.23. The van der Waals surface area contributed by atoms with Gasteiger partial charge in [0.15, 0.2) is 5.56 Å². The third-order valence-electron chi connectivity index (χ3n) is 5.17. The Morgan fingerprint density at radius 2 is 1.16 bits per heavy atom. The molecule has 0 radical (unpaired) electrons. The predicted molar refractivity (Wildman–Crippen MR) is 144 cm³/mol. The second-order valence-corrected chi connectivity index (χ2v) is 8.51. The van der Waals surface area contributed by atoms with Crippen molar-refractivity contribution in [3.05, 3.63) is 121 Å². The van der Waals surface area contributed by atoms with E-state index in [1.807, 2.05) is 66.7 Å². The molecule has 1 N–H and O–H groups in total. The van der Waals surface area contributed by atoms with Gasteiger partial charge in [0.05, 0.1) is 13.1 Å². The van der Waals surface area contributed by atoms with Crippen molar-refractivity contribution in [3.63, 3.8) is 0 Å². The summed E-state index contributed by atoms with van der Waals surface area (Å²) < 4.78 is 14.3. The molecule has 0 unspecified atom stereocenters. The molecule has 10 heteroatoms. The Bertz CT molecular complexity index is 1440. The number of para-hydroxylation sites is 2. The number of pyridine rings is 2. The maximum atomic E-state index is 11.9. The van der Waals surface area contributed by atoms with Crippen LogP contribution < -0.4 is 20.6 Å². The average molecular weight is 575 g/mol. The highest BCUT2D eigenvalue weighted by Gasteiger charge is 2.09. The third-order valence-corrected chi connectivity index (χ3v) is 5.83. The maximum Gasteiger partial charge on any atom is 0.272 e. The molecule has 0 spiro atoms. The van der Waals surface area contributed by atoms with Crippen LogP contribution in [-0.4, -0.2) is 27.5 Å². The van der Waals surface area contributed by atoms with Gasteiger partial charge >= 0.3 is 0 Å². The molecule has 0 aliphatic rings. The van der Waals surface area contributed by atoms with Crippen LogP contribution in [0.1, 0.15) is 11.1 Å². The van der Waals surface area contributed by atoms with Crippen LogP contribution in [0.25, 0.3) is 0 Å². The van der Waals surface area contributed by atoms with E-state index >= 15 is 0 Å². The lowest BCUT2D eigenvalue weighted by atomic mass is 10.2. The van der Waals surface area contributed by atoms with Crippen molar-refractivity contribution in [3.8, 4) is 29.4 Å². The van der Waals surface area contributed by atoms with Crippen LogP contribution >= 0.6 is 15.9 Å². The van der Waals surface area contributed by atoms with Crippen molar-refractivity contribution in [1.82, 2.24) is 9.13 Å². The molecule has 9 nitrogen and oxygen atoms in total. The molecule has 4 aromatic rings. The second kappa shape index (κ2) is 14.1. The monoisotopic (exact) mass is 574 g/mol. The first-order valence-electron chi connectivity index (χ1n) is 11.4. The number of benzene rings is 2. The van der Waals surface area contributed by atoms with E-state index in [0.29, 0.717) is 30.8 Å². The number of aromatic hydroxyl groups is 1. The van der Waals surface area contributed by atoms with Gasteiger partial charge in [0.25, 0.3) is 11.1 Å². The van der Waals surface area contributed by atoms with E-state index in [4.69, 9.17) is 20.0 Å². The topological polar surface area (TPSA) is 130 Å². The third kappa shape index (κ3) is 7.60. The molecule has 2 heterocycles. The first-order valence-corrected chi connectivity index (χ1v) is 12.2. The minimum absolute atomic E-state index is 0.113. The summed E-state index contributed by atoms with van der Waals surface area (Å²) in [6.07, 6.45) is 3.08. The van der Waals surface area contributed by atoms with E-state index in [-0.39, 0.29) is 22.4 Å². The second-order valence-electron chi connectivity index (χ2n) is 7.66. The van der Waals surface area contributed by atoms with Gasteiger partial charge in [0, 0.05) is 16.9 Å². The zero-order valence-corrected chi connectivity index (χ0v) is 21.7. The molecule has 0 saturated carbocycles. The number of hydrogen-bond donors (Lipinski definition) is 1. The normalized spacial score (nSPS) is 9.87. The van der Waals surface area contributed by atoms with Gasteiger partial charge < -0.3 is 23.7 Å². The SMILES string of the molecule is N#Cc1c(Br)ccn(CCOc2ccccc2)c1=O.N#Cc1c(O)ccn(CCOc2ccccc2)c1=O. The van der Waals surface area contributed by atoms with Crippen LogP contribution in [0.2, 0.25) is 0 Å². The fraction of sp³-hybridized carbons (Fsp3) is 0.143. The highest BCUT2D eigenvalue weighted by molar-refractivity contribution is 9.10. The number of aromatic nitrogens is 2. The Kier molecular flexibility index (Phi) is 10.3. The van der Waals surface area contributed by atoms with E-state index < -0.39 is 5.56 Å². The summed E-state index contributed by atoms with van der Waals surface area (Å²) in [6, 6.07) is 25.2. The molecule has 192 valence electrons. The van der Waals surface area contributed by atoms with E-state index in [0.717, 1.165) is 11.5 Å². The quantitative estimate of drug-likeness (QED) is 0.335. The number of ether oxygens (including phenoxy) is 2. The van der Waals surface area contributed by atoms with Crippen LogP contribution in [0.4, 0.5) is 0 Å². The van der Waals surface area contributed by atoms with Crippen LogP contribution in [0.15, 0.2) is 99.3 Å². The molecule has 0 amide bonds. The van der Waals surface area contributed by atoms with E-state index in [9.17, 15) is 14.7 Å². The van der Waals surface area contributed by atoms with Gasteiger partial charge in [-0.2, -0.15) is 10.5 Å². The number of nitriles is 2. The van der Waals surface area contributed by atoms with E-state index in [1.165, 1.54) is 21.4 Å². The summed E-state index contributed by atoms with van der Waals surface area (Å²) in [5.41, 5.74) is -0.961. The molecule has 0 atom stereocenters. The summed E-state index contributed by atoms with van der Waals surface area (Å²) in [4.78, 5) is 23.7. The summed E-state index contributed by atoms with van der Waals surface area (Å²) in [6.45, 7) is 1.38. The molecule has 0 saturated heterocycles. The molecule has 0 fully saturated rings. The van der Waals surface area contributed by atoms with Gasteiger partial charge in [0.2, 0.25) is 0 Å². The highest BCUT2D eigenvalue weighted by atomic mass is 79.9. The zero-order valence-electron chi connectivity index (χ0n) is 20.2. The largest absolute Gasteiger partial charge is 0.506 e. The first kappa shape index (κ1) is 27.8. The van der Waals surface area contributed by atoms with Crippen molar-refractivity contribution in [2.75, 3.05) is 13.2 Å². The van der Waals surface area contributed by atoms with E-state index in [2.05, 4.69) is 15.9 Å². The van der Waals surface area contributed by atoms with Gasteiger partial charge in [0.1, 0.15) is 48.2 Å². The first-order chi connectivity index (χ1) is 18.4. The molecule has 0 aliphatic carbocycles. The zero-order chi connectivity index (χ0) is 27.3. The number of nitrogens with zero attached hydrogens (tertiary/aromatic N) is 4. The molecule has 38 heavy (non-hydrogen) atoms.